The predicted molar refractivity (Wildman–Crippen MR) is 98.4 cm³/mol. The van der Waals surface area contributed by atoms with Crippen LogP contribution in [0.15, 0.2) is 29.1 Å². The average molecular weight is 371 g/mol. The quantitative estimate of drug-likeness (QED) is 0.440. The first-order valence-corrected chi connectivity index (χ1v) is 8.55. The Kier molecular flexibility index (Phi) is 5.11. The zero-order chi connectivity index (χ0) is 19.6. The standard InChI is InChI=1S/C18H21N5O4/c1-10(2)8-13-16(24)22-15(18(27-3)23(13)26)17(25)19-9-14-20-11-6-4-5-7-12(11)21-14/h4-7,10H,8-9H2,1-3H3,(H,19,25)(H,20,21)(H,22,24). The third kappa shape index (κ3) is 3.76. The van der Waals surface area contributed by atoms with E-state index in [1.807, 2.05) is 38.1 Å². The number of carbonyl (C=O) groups is 1. The molecule has 0 fully saturated rings. The van der Waals surface area contributed by atoms with Gasteiger partial charge in [0, 0.05) is 6.42 Å². The van der Waals surface area contributed by atoms with E-state index in [9.17, 15) is 14.8 Å². The molecule has 2 aromatic heterocycles. The number of para-hydroxylation sites is 2. The second-order valence-corrected chi connectivity index (χ2v) is 6.56. The van der Waals surface area contributed by atoms with Crippen LogP contribution < -0.4 is 20.3 Å². The van der Waals surface area contributed by atoms with E-state index in [1.54, 1.807) is 0 Å². The van der Waals surface area contributed by atoms with Crippen LogP contribution in [0.2, 0.25) is 0 Å². The molecular weight excluding hydrogens is 350 g/mol. The Morgan fingerprint density at radius 3 is 2.74 bits per heavy atom. The highest BCUT2D eigenvalue weighted by Gasteiger charge is 2.27. The van der Waals surface area contributed by atoms with Gasteiger partial charge in [-0.2, -0.15) is 0 Å². The van der Waals surface area contributed by atoms with Crippen LogP contribution in [0.4, 0.5) is 0 Å². The lowest BCUT2D eigenvalue weighted by atomic mass is 10.1. The van der Waals surface area contributed by atoms with Crippen LogP contribution in [0.3, 0.4) is 0 Å². The third-order valence-corrected chi connectivity index (χ3v) is 4.02. The fourth-order valence-corrected chi connectivity index (χ4v) is 2.80. The van der Waals surface area contributed by atoms with Crippen LogP contribution >= 0.6 is 0 Å². The van der Waals surface area contributed by atoms with Crippen LogP contribution in [0, 0.1) is 11.1 Å². The van der Waals surface area contributed by atoms with Crippen LogP contribution in [0.25, 0.3) is 11.0 Å². The lowest BCUT2D eigenvalue weighted by molar-refractivity contribution is -0.622. The number of hydrogen-bond acceptors (Lipinski definition) is 5. The molecule has 3 aromatic rings. The van der Waals surface area contributed by atoms with Gasteiger partial charge in [-0.1, -0.05) is 26.0 Å². The summed E-state index contributed by atoms with van der Waals surface area (Å²) in [5, 5.41) is 15.1. The smallest absolute Gasteiger partial charge is 0.409 e. The van der Waals surface area contributed by atoms with E-state index in [4.69, 9.17) is 4.74 Å². The normalized spacial score (nSPS) is 11.1. The molecule has 0 aliphatic carbocycles. The number of aromatic amines is 2. The third-order valence-electron chi connectivity index (χ3n) is 4.02. The van der Waals surface area contributed by atoms with Crippen molar-refractivity contribution < 1.29 is 14.3 Å². The molecule has 9 nitrogen and oxygen atoms in total. The van der Waals surface area contributed by atoms with Gasteiger partial charge in [0.25, 0.3) is 11.6 Å². The Balaban J connectivity index is 1.84. The maximum absolute atomic E-state index is 12.5. The minimum Gasteiger partial charge on any atom is -0.616 e. The molecule has 0 unspecified atom stereocenters. The average Bonchev–Trinajstić information content (AvgIpc) is 3.05. The fraction of sp³-hybridized carbons (Fsp3) is 0.333. The lowest BCUT2D eigenvalue weighted by Crippen LogP contribution is -2.44. The molecule has 3 rings (SSSR count). The van der Waals surface area contributed by atoms with Crippen LogP contribution in [0.1, 0.15) is 35.9 Å². The Morgan fingerprint density at radius 1 is 1.33 bits per heavy atom. The van der Waals surface area contributed by atoms with Gasteiger partial charge in [0.05, 0.1) is 24.7 Å². The summed E-state index contributed by atoms with van der Waals surface area (Å²) >= 11 is 0. The monoisotopic (exact) mass is 371 g/mol. The van der Waals surface area contributed by atoms with Gasteiger partial charge in [0.2, 0.25) is 5.69 Å². The number of carbonyl (C=O) groups excluding carboxylic acids is 1. The number of H-pyrrole nitrogens is 2. The van der Waals surface area contributed by atoms with Gasteiger partial charge in [-0.25, -0.2) is 4.98 Å². The maximum atomic E-state index is 12.5. The number of fused-ring (bicyclic) bond motifs is 1. The van der Waals surface area contributed by atoms with Crippen molar-refractivity contribution in [1.29, 1.82) is 0 Å². The molecule has 27 heavy (non-hydrogen) atoms. The molecule has 0 atom stereocenters. The van der Waals surface area contributed by atoms with Gasteiger partial charge in [-0.3, -0.25) is 9.59 Å². The SMILES string of the molecule is COc1c(C(=O)NCc2nc3ccccc3[nH]2)[nH]c(=O)c(CC(C)C)[n+]1[O-]. The number of amides is 1. The number of aromatic nitrogens is 4. The second kappa shape index (κ2) is 7.48. The summed E-state index contributed by atoms with van der Waals surface area (Å²) in [6.07, 6.45) is 0.274. The van der Waals surface area contributed by atoms with Crippen molar-refractivity contribution >= 4 is 16.9 Å². The molecule has 0 spiro atoms. The first-order valence-electron chi connectivity index (χ1n) is 8.55. The van der Waals surface area contributed by atoms with Crippen molar-refractivity contribution in [2.24, 2.45) is 5.92 Å². The van der Waals surface area contributed by atoms with E-state index >= 15 is 0 Å². The molecule has 3 N–H and O–H groups in total. The Morgan fingerprint density at radius 2 is 2.07 bits per heavy atom. The number of benzene rings is 1. The summed E-state index contributed by atoms with van der Waals surface area (Å²) in [4.78, 5) is 34.6. The molecule has 1 amide bonds. The van der Waals surface area contributed by atoms with E-state index < -0.39 is 11.5 Å². The van der Waals surface area contributed by atoms with Gasteiger partial charge in [0.1, 0.15) is 5.82 Å². The zero-order valence-electron chi connectivity index (χ0n) is 15.3. The zero-order valence-corrected chi connectivity index (χ0v) is 15.3. The summed E-state index contributed by atoms with van der Waals surface area (Å²) < 4.78 is 5.45. The molecule has 0 radical (unpaired) electrons. The van der Waals surface area contributed by atoms with Gasteiger partial charge >= 0.3 is 11.4 Å². The van der Waals surface area contributed by atoms with E-state index in [1.165, 1.54) is 7.11 Å². The number of hydrogen-bond donors (Lipinski definition) is 3. The summed E-state index contributed by atoms with van der Waals surface area (Å²) in [6, 6.07) is 7.48. The van der Waals surface area contributed by atoms with E-state index in [0.29, 0.717) is 10.6 Å². The molecule has 1 aromatic carbocycles. The Labute approximate surface area is 155 Å². The highest BCUT2D eigenvalue weighted by molar-refractivity contribution is 5.93. The van der Waals surface area contributed by atoms with Gasteiger partial charge in [-0.15, -0.1) is 4.73 Å². The summed E-state index contributed by atoms with van der Waals surface area (Å²) in [5.74, 6) is -0.224. The molecule has 0 saturated heterocycles. The van der Waals surface area contributed by atoms with E-state index in [2.05, 4.69) is 20.3 Å². The summed E-state index contributed by atoms with van der Waals surface area (Å²) in [5.41, 5.74) is 0.816. The van der Waals surface area contributed by atoms with Crippen LogP contribution in [0.5, 0.6) is 5.88 Å². The number of nitrogens with zero attached hydrogens (tertiary/aromatic N) is 2. The van der Waals surface area contributed by atoms with Crippen molar-refractivity contribution in [3.8, 4) is 5.88 Å². The molecule has 2 heterocycles. The molecule has 142 valence electrons. The van der Waals surface area contributed by atoms with Gasteiger partial charge in [0.15, 0.2) is 0 Å². The van der Waals surface area contributed by atoms with E-state index in [0.717, 1.165) is 11.0 Å². The molecule has 0 aliphatic heterocycles. The van der Waals surface area contributed by atoms with Crippen molar-refractivity contribution in [1.82, 2.24) is 20.3 Å². The number of methoxy groups -OCH3 is 1. The second-order valence-electron chi connectivity index (χ2n) is 6.56. The first kappa shape index (κ1) is 18.4. The molecule has 0 saturated carbocycles. The molecule has 9 heteroatoms. The van der Waals surface area contributed by atoms with Gasteiger partial charge in [-0.05, 0) is 18.1 Å². The van der Waals surface area contributed by atoms with Crippen LogP contribution in [-0.4, -0.2) is 28.0 Å². The highest BCUT2D eigenvalue weighted by Crippen LogP contribution is 2.12. The van der Waals surface area contributed by atoms with E-state index in [-0.39, 0.29) is 36.2 Å². The number of ether oxygens (including phenoxy) is 1. The molecule has 0 bridgehead atoms. The Hall–Kier alpha value is -3.36. The molecule has 0 aliphatic rings. The highest BCUT2D eigenvalue weighted by atomic mass is 16.5. The van der Waals surface area contributed by atoms with Crippen molar-refractivity contribution in [3.05, 3.63) is 57.0 Å². The number of rotatable bonds is 6. The van der Waals surface area contributed by atoms with Gasteiger partial charge < -0.3 is 25.2 Å². The Bertz CT molecular complexity index is 1000. The summed E-state index contributed by atoms with van der Waals surface area (Å²) in [6.45, 7) is 3.88. The topological polar surface area (TPSA) is 127 Å². The first-order chi connectivity index (χ1) is 12.9. The summed E-state index contributed by atoms with van der Waals surface area (Å²) in [7, 11) is 1.28. The number of imidazole rings is 1. The maximum Gasteiger partial charge on any atom is 0.409 e. The molecular formula is C18H21N5O4. The fourth-order valence-electron chi connectivity index (χ4n) is 2.80. The largest absolute Gasteiger partial charge is 0.616 e. The number of nitrogens with one attached hydrogen (secondary N) is 3. The minimum atomic E-state index is -0.634. The lowest BCUT2D eigenvalue weighted by Gasteiger charge is -2.12. The van der Waals surface area contributed by atoms with Crippen LogP contribution in [-0.2, 0) is 13.0 Å². The van der Waals surface area contributed by atoms with Crippen molar-refractivity contribution in [2.75, 3.05) is 7.11 Å². The van der Waals surface area contributed by atoms with Crippen molar-refractivity contribution in [3.63, 3.8) is 0 Å². The van der Waals surface area contributed by atoms with Crippen molar-refractivity contribution in [2.45, 2.75) is 26.8 Å². The minimum absolute atomic E-state index is 0.00989. The predicted octanol–water partition coefficient (Wildman–Crippen LogP) is 1.02.